The van der Waals surface area contributed by atoms with Gasteiger partial charge in [0.2, 0.25) is 0 Å². The van der Waals surface area contributed by atoms with Crippen LogP contribution in [0, 0.1) is 6.92 Å². The molecule has 0 atom stereocenters. The summed E-state index contributed by atoms with van der Waals surface area (Å²) < 4.78 is 7.13. The first kappa shape index (κ1) is 21.9. The standard InChI is InChI=1S/C26H25ClN2O3/c1-17-6-11-22-23(15-28-14-19-4-3-5-20(27)13-19)25(26(30)31)29(24(22)12-17)16-18-7-9-21(32-2)10-8-18/h3-13,28H,14-16H2,1-2H3,(H,30,31). The quantitative estimate of drug-likeness (QED) is 0.365. The van der Waals surface area contributed by atoms with E-state index in [1.54, 1.807) is 7.11 Å². The number of hydrogen-bond acceptors (Lipinski definition) is 3. The molecule has 4 aromatic rings. The highest BCUT2D eigenvalue weighted by molar-refractivity contribution is 6.30. The topological polar surface area (TPSA) is 63.5 Å². The number of hydrogen-bond donors (Lipinski definition) is 2. The highest BCUT2D eigenvalue weighted by Gasteiger charge is 2.22. The number of fused-ring (bicyclic) bond motifs is 1. The van der Waals surface area contributed by atoms with Crippen molar-refractivity contribution in [2.75, 3.05) is 7.11 Å². The number of carboxylic acids is 1. The van der Waals surface area contributed by atoms with E-state index in [0.29, 0.717) is 30.4 Å². The molecule has 32 heavy (non-hydrogen) atoms. The van der Waals surface area contributed by atoms with Crippen molar-refractivity contribution in [3.05, 3.63) is 99.7 Å². The van der Waals surface area contributed by atoms with Crippen molar-refractivity contribution in [2.24, 2.45) is 0 Å². The molecular formula is C26H25ClN2O3. The smallest absolute Gasteiger partial charge is 0.352 e. The van der Waals surface area contributed by atoms with Gasteiger partial charge in [-0.05, 0) is 53.9 Å². The Balaban J connectivity index is 1.71. The summed E-state index contributed by atoms with van der Waals surface area (Å²) >= 11 is 6.08. The molecule has 6 heteroatoms. The van der Waals surface area contributed by atoms with Gasteiger partial charge in [0.15, 0.2) is 0 Å². The zero-order valence-electron chi connectivity index (χ0n) is 18.1. The summed E-state index contributed by atoms with van der Waals surface area (Å²) in [5, 5.41) is 15.2. The van der Waals surface area contributed by atoms with Gasteiger partial charge in [-0.15, -0.1) is 0 Å². The van der Waals surface area contributed by atoms with Crippen LogP contribution in [0.1, 0.15) is 32.7 Å². The first-order valence-corrected chi connectivity index (χ1v) is 10.8. The maximum Gasteiger partial charge on any atom is 0.352 e. The molecule has 0 unspecified atom stereocenters. The lowest BCUT2D eigenvalue weighted by Gasteiger charge is -2.11. The molecule has 0 radical (unpaired) electrons. The summed E-state index contributed by atoms with van der Waals surface area (Å²) in [7, 11) is 1.63. The Morgan fingerprint density at radius 2 is 1.81 bits per heavy atom. The third kappa shape index (κ3) is 4.64. The predicted octanol–water partition coefficient (Wildman–Crippen LogP) is 5.65. The lowest BCUT2D eigenvalue weighted by atomic mass is 10.1. The number of nitrogens with zero attached hydrogens (tertiary/aromatic N) is 1. The molecule has 0 bridgehead atoms. The summed E-state index contributed by atoms with van der Waals surface area (Å²) in [4.78, 5) is 12.4. The number of methoxy groups -OCH3 is 1. The summed E-state index contributed by atoms with van der Waals surface area (Å²) in [5.41, 5.74) is 5.14. The molecule has 5 nitrogen and oxygen atoms in total. The second-order valence-corrected chi connectivity index (χ2v) is 8.26. The second kappa shape index (κ2) is 9.47. The number of carboxylic acid groups (broad SMARTS) is 1. The van der Waals surface area contributed by atoms with Crippen molar-refractivity contribution < 1.29 is 14.6 Å². The number of rotatable bonds is 8. The van der Waals surface area contributed by atoms with Crippen molar-refractivity contribution in [2.45, 2.75) is 26.6 Å². The van der Waals surface area contributed by atoms with Crippen molar-refractivity contribution in [1.82, 2.24) is 9.88 Å². The van der Waals surface area contributed by atoms with Crippen LogP contribution in [0.15, 0.2) is 66.7 Å². The minimum absolute atomic E-state index is 0.306. The Kier molecular flexibility index (Phi) is 6.49. The fourth-order valence-corrected chi connectivity index (χ4v) is 4.22. The van der Waals surface area contributed by atoms with E-state index < -0.39 is 5.97 Å². The van der Waals surface area contributed by atoms with Crippen LogP contribution < -0.4 is 10.1 Å². The van der Waals surface area contributed by atoms with E-state index in [4.69, 9.17) is 16.3 Å². The number of aromatic carboxylic acids is 1. The minimum Gasteiger partial charge on any atom is -0.497 e. The zero-order chi connectivity index (χ0) is 22.7. The van der Waals surface area contributed by atoms with Crippen LogP contribution >= 0.6 is 11.6 Å². The largest absolute Gasteiger partial charge is 0.497 e. The number of ether oxygens (including phenoxy) is 1. The first-order chi connectivity index (χ1) is 15.5. The summed E-state index contributed by atoms with van der Waals surface area (Å²) in [5.74, 6) is -0.168. The average Bonchev–Trinajstić information content (AvgIpc) is 3.07. The van der Waals surface area contributed by atoms with Crippen LogP contribution in [0.4, 0.5) is 0 Å². The Labute approximate surface area is 192 Å². The molecule has 0 saturated heterocycles. The van der Waals surface area contributed by atoms with Gasteiger partial charge in [-0.1, -0.05) is 48.0 Å². The van der Waals surface area contributed by atoms with Gasteiger partial charge in [0.25, 0.3) is 0 Å². The highest BCUT2D eigenvalue weighted by Crippen LogP contribution is 2.29. The number of aryl methyl sites for hydroxylation is 1. The molecule has 4 rings (SSSR count). The Bertz CT molecular complexity index is 1260. The van der Waals surface area contributed by atoms with Gasteiger partial charge in [0.05, 0.1) is 7.11 Å². The predicted molar refractivity (Wildman–Crippen MR) is 128 cm³/mol. The number of carbonyl (C=O) groups is 1. The molecule has 164 valence electrons. The second-order valence-electron chi connectivity index (χ2n) is 7.82. The molecule has 0 aliphatic rings. The molecular weight excluding hydrogens is 424 g/mol. The van der Waals surface area contributed by atoms with Gasteiger partial charge >= 0.3 is 5.97 Å². The molecule has 0 aliphatic heterocycles. The average molecular weight is 449 g/mol. The van der Waals surface area contributed by atoms with Gasteiger partial charge < -0.3 is 19.7 Å². The minimum atomic E-state index is -0.938. The monoisotopic (exact) mass is 448 g/mol. The van der Waals surface area contributed by atoms with Gasteiger partial charge in [0.1, 0.15) is 11.4 Å². The van der Waals surface area contributed by atoms with E-state index in [-0.39, 0.29) is 0 Å². The molecule has 1 heterocycles. The van der Waals surface area contributed by atoms with Crippen LogP contribution in [-0.2, 0) is 19.6 Å². The fourth-order valence-electron chi connectivity index (χ4n) is 4.01. The normalized spacial score (nSPS) is 11.1. The fraction of sp³-hybridized carbons (Fsp3) is 0.192. The molecule has 0 saturated carbocycles. The van der Waals surface area contributed by atoms with Crippen LogP contribution in [-0.4, -0.2) is 22.8 Å². The van der Waals surface area contributed by atoms with E-state index in [1.807, 2.05) is 78.2 Å². The molecule has 1 aromatic heterocycles. The summed E-state index contributed by atoms with van der Waals surface area (Å²) in [6.07, 6.45) is 0. The van der Waals surface area contributed by atoms with Crippen LogP contribution in [0.2, 0.25) is 5.02 Å². The molecule has 0 aliphatic carbocycles. The maximum atomic E-state index is 12.4. The molecule has 2 N–H and O–H groups in total. The first-order valence-electron chi connectivity index (χ1n) is 10.4. The maximum absolute atomic E-state index is 12.4. The summed E-state index contributed by atoms with van der Waals surface area (Å²) in [6.45, 7) is 3.50. The van der Waals surface area contributed by atoms with Gasteiger partial charge in [-0.25, -0.2) is 4.79 Å². The van der Waals surface area contributed by atoms with E-state index in [0.717, 1.165) is 38.9 Å². The van der Waals surface area contributed by atoms with E-state index >= 15 is 0 Å². The van der Waals surface area contributed by atoms with E-state index in [2.05, 4.69) is 5.32 Å². The lowest BCUT2D eigenvalue weighted by Crippen LogP contribution is -2.17. The SMILES string of the molecule is COc1ccc(Cn2c(C(=O)O)c(CNCc3cccc(Cl)c3)c3ccc(C)cc32)cc1. The summed E-state index contributed by atoms with van der Waals surface area (Å²) in [6, 6.07) is 21.4. The number of aromatic nitrogens is 1. The number of halogens is 1. The third-order valence-electron chi connectivity index (χ3n) is 5.55. The Hall–Kier alpha value is -3.28. The van der Waals surface area contributed by atoms with E-state index in [1.165, 1.54) is 0 Å². The Morgan fingerprint density at radius 1 is 1.03 bits per heavy atom. The van der Waals surface area contributed by atoms with E-state index in [9.17, 15) is 9.90 Å². The molecule has 0 amide bonds. The number of benzene rings is 3. The van der Waals surface area contributed by atoms with Crippen LogP contribution in [0.5, 0.6) is 5.75 Å². The molecule has 0 spiro atoms. The van der Waals surface area contributed by atoms with Gasteiger partial charge in [0, 0.05) is 41.1 Å². The molecule has 3 aromatic carbocycles. The van der Waals surface area contributed by atoms with Crippen LogP contribution in [0.25, 0.3) is 10.9 Å². The Morgan fingerprint density at radius 3 is 2.50 bits per heavy atom. The van der Waals surface area contributed by atoms with Gasteiger partial charge in [-0.2, -0.15) is 0 Å². The van der Waals surface area contributed by atoms with Crippen molar-refractivity contribution in [1.29, 1.82) is 0 Å². The van der Waals surface area contributed by atoms with Crippen molar-refractivity contribution in [3.8, 4) is 5.75 Å². The number of nitrogens with one attached hydrogen (secondary N) is 1. The van der Waals surface area contributed by atoms with Crippen molar-refractivity contribution in [3.63, 3.8) is 0 Å². The van der Waals surface area contributed by atoms with Gasteiger partial charge in [-0.3, -0.25) is 0 Å². The van der Waals surface area contributed by atoms with Crippen molar-refractivity contribution >= 4 is 28.5 Å². The third-order valence-corrected chi connectivity index (χ3v) is 5.78. The zero-order valence-corrected chi connectivity index (χ0v) is 18.8. The highest BCUT2D eigenvalue weighted by atomic mass is 35.5. The molecule has 0 fully saturated rings. The van der Waals surface area contributed by atoms with Crippen LogP contribution in [0.3, 0.4) is 0 Å². The lowest BCUT2D eigenvalue weighted by molar-refractivity contribution is 0.0684.